The van der Waals surface area contributed by atoms with E-state index < -0.39 is 18.3 Å². The third-order valence-corrected chi connectivity index (χ3v) is 3.77. The summed E-state index contributed by atoms with van der Waals surface area (Å²) in [5.41, 5.74) is 0.834. The van der Waals surface area contributed by atoms with Gasteiger partial charge in [-0.25, -0.2) is 4.98 Å². The number of hydrogen-bond acceptors (Lipinski definition) is 6. The quantitative estimate of drug-likeness (QED) is 0.776. The highest BCUT2D eigenvalue weighted by atomic mass is 16.6. The van der Waals surface area contributed by atoms with E-state index in [1.54, 1.807) is 0 Å². The summed E-state index contributed by atoms with van der Waals surface area (Å²) in [6, 6.07) is 9.93. The van der Waals surface area contributed by atoms with Crippen molar-refractivity contribution in [3.63, 3.8) is 0 Å². The monoisotopic (exact) mass is 318 g/mol. The Labute approximate surface area is 135 Å². The van der Waals surface area contributed by atoms with E-state index >= 15 is 0 Å². The standard InChI is InChI=1S/C17H22N2O4/c1-10(2)18-16-6-4-11-3-5-12(7-13(11)19-16)22-9-15-17(21)14(20)8-23-15/h3-7,10,14-15,17,20-21H,8-9H2,1-2H3,(H,18,19). The molecule has 0 aliphatic carbocycles. The van der Waals surface area contributed by atoms with Crippen molar-refractivity contribution in [1.82, 2.24) is 4.98 Å². The lowest BCUT2D eigenvalue weighted by molar-refractivity contribution is -0.0000674. The summed E-state index contributed by atoms with van der Waals surface area (Å²) in [7, 11) is 0. The van der Waals surface area contributed by atoms with Gasteiger partial charge < -0.3 is 25.0 Å². The molecule has 0 amide bonds. The van der Waals surface area contributed by atoms with E-state index in [9.17, 15) is 10.2 Å². The van der Waals surface area contributed by atoms with Gasteiger partial charge in [-0.3, -0.25) is 0 Å². The fourth-order valence-electron chi connectivity index (χ4n) is 2.56. The Morgan fingerprint density at radius 2 is 2.09 bits per heavy atom. The first-order valence-corrected chi connectivity index (χ1v) is 7.81. The summed E-state index contributed by atoms with van der Waals surface area (Å²) in [4.78, 5) is 4.57. The van der Waals surface area contributed by atoms with Gasteiger partial charge in [-0.2, -0.15) is 0 Å². The minimum absolute atomic E-state index is 0.138. The normalized spacial score (nSPS) is 24.3. The van der Waals surface area contributed by atoms with E-state index in [0.29, 0.717) is 11.8 Å². The van der Waals surface area contributed by atoms with E-state index in [2.05, 4.69) is 24.1 Å². The van der Waals surface area contributed by atoms with Gasteiger partial charge in [0.1, 0.15) is 36.5 Å². The van der Waals surface area contributed by atoms with Gasteiger partial charge in [0.2, 0.25) is 0 Å². The van der Waals surface area contributed by atoms with Crippen LogP contribution < -0.4 is 10.1 Å². The zero-order valence-electron chi connectivity index (χ0n) is 13.3. The maximum atomic E-state index is 9.75. The molecule has 0 spiro atoms. The second-order valence-electron chi connectivity index (χ2n) is 6.09. The summed E-state index contributed by atoms with van der Waals surface area (Å²) in [5, 5.41) is 23.5. The van der Waals surface area contributed by atoms with E-state index in [-0.39, 0.29) is 13.2 Å². The van der Waals surface area contributed by atoms with Crippen LogP contribution in [0.1, 0.15) is 13.8 Å². The smallest absolute Gasteiger partial charge is 0.126 e. The average Bonchev–Trinajstić information content (AvgIpc) is 2.83. The van der Waals surface area contributed by atoms with Crippen LogP contribution in [0.2, 0.25) is 0 Å². The zero-order chi connectivity index (χ0) is 16.4. The largest absolute Gasteiger partial charge is 0.491 e. The summed E-state index contributed by atoms with van der Waals surface area (Å²) in [6.07, 6.45) is -2.26. The molecule has 3 unspecified atom stereocenters. The first kappa shape index (κ1) is 16.0. The molecule has 1 aliphatic heterocycles. The Morgan fingerprint density at radius 1 is 1.30 bits per heavy atom. The lowest BCUT2D eigenvalue weighted by atomic mass is 10.1. The van der Waals surface area contributed by atoms with Gasteiger partial charge in [-0.15, -0.1) is 0 Å². The number of nitrogens with one attached hydrogen (secondary N) is 1. The predicted octanol–water partition coefficient (Wildman–Crippen LogP) is 1.55. The van der Waals surface area contributed by atoms with Gasteiger partial charge in [0.15, 0.2) is 0 Å². The molecule has 2 heterocycles. The number of benzene rings is 1. The van der Waals surface area contributed by atoms with Gasteiger partial charge >= 0.3 is 0 Å². The average molecular weight is 318 g/mol. The summed E-state index contributed by atoms with van der Waals surface area (Å²) < 4.78 is 11.0. The number of nitrogens with zero attached hydrogens (tertiary/aromatic N) is 1. The van der Waals surface area contributed by atoms with Crippen molar-refractivity contribution in [1.29, 1.82) is 0 Å². The van der Waals surface area contributed by atoms with Crippen LogP contribution in [0.3, 0.4) is 0 Å². The maximum absolute atomic E-state index is 9.75. The van der Waals surface area contributed by atoms with Crippen molar-refractivity contribution in [2.24, 2.45) is 0 Å². The molecule has 1 fully saturated rings. The zero-order valence-corrected chi connectivity index (χ0v) is 13.3. The Kier molecular flexibility index (Phi) is 4.66. The molecule has 1 aromatic heterocycles. The van der Waals surface area contributed by atoms with Crippen LogP contribution in [0.4, 0.5) is 5.82 Å². The number of anilines is 1. The molecule has 0 radical (unpaired) electrons. The predicted molar refractivity (Wildman–Crippen MR) is 87.8 cm³/mol. The van der Waals surface area contributed by atoms with E-state index in [1.807, 2.05) is 30.3 Å². The third kappa shape index (κ3) is 3.72. The number of aliphatic hydroxyl groups excluding tert-OH is 2. The van der Waals surface area contributed by atoms with Crippen molar-refractivity contribution in [2.45, 2.75) is 38.2 Å². The summed E-state index contributed by atoms with van der Waals surface area (Å²) >= 11 is 0. The molecule has 23 heavy (non-hydrogen) atoms. The van der Waals surface area contributed by atoms with Crippen LogP contribution in [0.25, 0.3) is 10.9 Å². The van der Waals surface area contributed by atoms with Crippen LogP contribution in [-0.2, 0) is 4.74 Å². The number of pyridine rings is 1. The minimum Gasteiger partial charge on any atom is -0.491 e. The number of fused-ring (bicyclic) bond motifs is 1. The van der Waals surface area contributed by atoms with Crippen LogP contribution in [-0.4, -0.2) is 52.8 Å². The van der Waals surface area contributed by atoms with Crippen molar-refractivity contribution in [3.05, 3.63) is 30.3 Å². The molecule has 3 N–H and O–H groups in total. The van der Waals surface area contributed by atoms with Gasteiger partial charge in [0.25, 0.3) is 0 Å². The Hall–Kier alpha value is -1.89. The fraction of sp³-hybridized carbons (Fsp3) is 0.471. The molecule has 2 aromatic rings. The van der Waals surface area contributed by atoms with Gasteiger partial charge in [-0.1, -0.05) is 0 Å². The molecule has 3 atom stereocenters. The molecular formula is C17H22N2O4. The lowest BCUT2D eigenvalue weighted by Gasteiger charge is -2.16. The molecule has 1 aromatic carbocycles. The van der Waals surface area contributed by atoms with Crippen molar-refractivity contribution in [3.8, 4) is 5.75 Å². The number of hydrogen-bond donors (Lipinski definition) is 3. The first-order valence-electron chi connectivity index (χ1n) is 7.81. The Balaban J connectivity index is 1.71. The van der Waals surface area contributed by atoms with Gasteiger partial charge in [0.05, 0.1) is 12.1 Å². The molecule has 0 saturated carbocycles. The number of aliphatic hydroxyl groups is 2. The highest BCUT2D eigenvalue weighted by Gasteiger charge is 2.34. The number of ether oxygens (including phenoxy) is 2. The third-order valence-electron chi connectivity index (χ3n) is 3.77. The van der Waals surface area contributed by atoms with Crippen LogP contribution in [0, 0.1) is 0 Å². The molecule has 6 heteroatoms. The Bertz CT molecular complexity index is 677. The van der Waals surface area contributed by atoms with Crippen molar-refractivity contribution >= 4 is 16.7 Å². The summed E-state index contributed by atoms with van der Waals surface area (Å²) in [5.74, 6) is 1.48. The van der Waals surface area contributed by atoms with Gasteiger partial charge in [-0.05, 0) is 38.1 Å². The van der Waals surface area contributed by atoms with E-state index in [0.717, 1.165) is 16.7 Å². The van der Waals surface area contributed by atoms with Crippen LogP contribution >= 0.6 is 0 Å². The van der Waals surface area contributed by atoms with Crippen LogP contribution in [0.5, 0.6) is 5.75 Å². The van der Waals surface area contributed by atoms with Crippen LogP contribution in [0.15, 0.2) is 30.3 Å². The maximum Gasteiger partial charge on any atom is 0.126 e. The number of rotatable bonds is 5. The minimum atomic E-state index is -0.907. The van der Waals surface area contributed by atoms with Gasteiger partial charge in [0, 0.05) is 17.5 Å². The Morgan fingerprint density at radius 3 is 2.78 bits per heavy atom. The van der Waals surface area contributed by atoms with E-state index in [1.165, 1.54) is 0 Å². The van der Waals surface area contributed by atoms with Crippen molar-refractivity contribution in [2.75, 3.05) is 18.5 Å². The molecule has 124 valence electrons. The molecule has 1 aliphatic rings. The lowest BCUT2D eigenvalue weighted by Crippen LogP contribution is -2.33. The topological polar surface area (TPSA) is 83.8 Å². The molecule has 1 saturated heterocycles. The molecular weight excluding hydrogens is 296 g/mol. The second-order valence-corrected chi connectivity index (χ2v) is 6.09. The van der Waals surface area contributed by atoms with E-state index in [4.69, 9.17) is 9.47 Å². The molecule has 3 rings (SSSR count). The second kappa shape index (κ2) is 6.70. The van der Waals surface area contributed by atoms with Crippen molar-refractivity contribution < 1.29 is 19.7 Å². The highest BCUT2D eigenvalue weighted by molar-refractivity contribution is 5.81. The SMILES string of the molecule is CC(C)Nc1ccc2ccc(OCC3OCC(O)C3O)cc2n1. The number of aromatic nitrogens is 1. The molecule has 6 nitrogen and oxygen atoms in total. The summed E-state index contributed by atoms with van der Waals surface area (Å²) in [6.45, 7) is 4.45. The highest BCUT2D eigenvalue weighted by Crippen LogP contribution is 2.23. The fourth-order valence-corrected chi connectivity index (χ4v) is 2.56. The first-order chi connectivity index (χ1) is 11.0. The molecule has 0 bridgehead atoms.